The highest BCUT2D eigenvalue weighted by Crippen LogP contribution is 2.22. The number of ether oxygens (including phenoxy) is 1. The molecule has 2 heterocycles. The van der Waals surface area contributed by atoms with Crippen LogP contribution in [0.1, 0.15) is 32.6 Å². The summed E-state index contributed by atoms with van der Waals surface area (Å²) in [6.45, 7) is 2.87. The highest BCUT2D eigenvalue weighted by molar-refractivity contribution is 5.80. The highest BCUT2D eigenvalue weighted by Gasteiger charge is 2.09. The average Bonchev–Trinajstić information content (AvgIpc) is 2.86. The van der Waals surface area contributed by atoms with E-state index in [1.165, 1.54) is 19.3 Å². The summed E-state index contributed by atoms with van der Waals surface area (Å²) >= 11 is 0. The molecule has 18 heavy (non-hydrogen) atoms. The molecule has 6 nitrogen and oxygen atoms in total. The predicted molar refractivity (Wildman–Crippen MR) is 70.9 cm³/mol. The van der Waals surface area contributed by atoms with Gasteiger partial charge < -0.3 is 10.1 Å². The van der Waals surface area contributed by atoms with Gasteiger partial charge in [0.1, 0.15) is 5.39 Å². The van der Waals surface area contributed by atoms with E-state index in [0.717, 1.165) is 11.8 Å². The van der Waals surface area contributed by atoms with E-state index in [1.54, 1.807) is 13.2 Å². The second-order valence-electron chi connectivity index (χ2n) is 4.14. The van der Waals surface area contributed by atoms with Crippen LogP contribution in [0.25, 0.3) is 11.0 Å². The predicted octanol–water partition coefficient (Wildman–Crippen LogP) is 2.35. The second kappa shape index (κ2) is 6.18. The van der Waals surface area contributed by atoms with E-state index in [4.69, 9.17) is 4.74 Å². The van der Waals surface area contributed by atoms with Crippen molar-refractivity contribution < 1.29 is 4.74 Å². The van der Waals surface area contributed by atoms with Crippen molar-refractivity contribution >= 4 is 17.0 Å². The molecule has 0 aliphatic heterocycles. The molecule has 2 aromatic rings. The van der Waals surface area contributed by atoms with Crippen LogP contribution in [0.15, 0.2) is 6.20 Å². The Morgan fingerprint density at radius 1 is 1.28 bits per heavy atom. The van der Waals surface area contributed by atoms with Crippen molar-refractivity contribution in [2.45, 2.75) is 32.6 Å². The molecule has 0 amide bonds. The summed E-state index contributed by atoms with van der Waals surface area (Å²) in [5.41, 5.74) is 0.693. The number of unbranched alkanes of at least 4 members (excludes halogenated alkanes) is 3. The number of nitrogens with one attached hydrogen (secondary N) is 2. The molecule has 2 rings (SSSR count). The molecule has 0 atom stereocenters. The van der Waals surface area contributed by atoms with E-state index in [1.807, 2.05) is 0 Å². The number of aromatic amines is 1. The smallest absolute Gasteiger partial charge is 0.229 e. The highest BCUT2D eigenvalue weighted by atomic mass is 16.5. The maximum atomic E-state index is 5.72. The van der Waals surface area contributed by atoms with E-state index in [9.17, 15) is 0 Å². The van der Waals surface area contributed by atoms with Crippen molar-refractivity contribution in [3.05, 3.63) is 6.20 Å². The summed E-state index contributed by atoms with van der Waals surface area (Å²) in [5, 5.41) is 10.5. The third-order valence-electron chi connectivity index (χ3n) is 2.74. The van der Waals surface area contributed by atoms with Gasteiger partial charge in [0.05, 0.1) is 12.8 Å². The maximum absolute atomic E-state index is 5.72. The van der Waals surface area contributed by atoms with Crippen LogP contribution in [0.3, 0.4) is 0 Å². The number of rotatable bonds is 7. The molecule has 2 N–H and O–H groups in total. The first kappa shape index (κ1) is 12.6. The molecular weight excluding hydrogens is 230 g/mol. The summed E-state index contributed by atoms with van der Waals surface area (Å²) < 4.78 is 5.72. The SMILES string of the molecule is CCCCCCOc1nc(NC)nc2[nH]ncc12. The zero-order valence-corrected chi connectivity index (χ0v) is 10.9. The van der Waals surface area contributed by atoms with E-state index in [-0.39, 0.29) is 0 Å². The molecule has 0 aromatic carbocycles. The summed E-state index contributed by atoms with van der Waals surface area (Å²) in [5.74, 6) is 1.13. The van der Waals surface area contributed by atoms with Crippen molar-refractivity contribution in [2.24, 2.45) is 0 Å². The molecule has 0 unspecified atom stereocenters. The van der Waals surface area contributed by atoms with E-state index >= 15 is 0 Å². The third-order valence-corrected chi connectivity index (χ3v) is 2.74. The zero-order valence-electron chi connectivity index (χ0n) is 10.9. The molecule has 0 bridgehead atoms. The second-order valence-corrected chi connectivity index (χ2v) is 4.14. The molecule has 0 fully saturated rings. The molecule has 6 heteroatoms. The number of hydrogen-bond acceptors (Lipinski definition) is 5. The van der Waals surface area contributed by atoms with Crippen molar-refractivity contribution in [3.63, 3.8) is 0 Å². The topological polar surface area (TPSA) is 75.7 Å². The van der Waals surface area contributed by atoms with E-state index < -0.39 is 0 Å². The van der Waals surface area contributed by atoms with Crippen molar-refractivity contribution in [1.82, 2.24) is 20.2 Å². The van der Waals surface area contributed by atoms with Gasteiger partial charge in [-0.1, -0.05) is 26.2 Å². The van der Waals surface area contributed by atoms with Crippen LogP contribution in [0, 0.1) is 0 Å². The summed E-state index contributed by atoms with van der Waals surface area (Å²) in [6.07, 6.45) is 6.40. The Kier molecular flexibility index (Phi) is 4.33. The minimum absolute atomic E-state index is 0.537. The lowest BCUT2D eigenvalue weighted by Crippen LogP contribution is -2.03. The van der Waals surface area contributed by atoms with Crippen LogP contribution >= 0.6 is 0 Å². The lowest BCUT2D eigenvalue weighted by atomic mass is 10.2. The van der Waals surface area contributed by atoms with Gasteiger partial charge in [0, 0.05) is 7.05 Å². The lowest BCUT2D eigenvalue weighted by Gasteiger charge is -2.07. The Balaban J connectivity index is 2.04. The molecule has 0 spiro atoms. The van der Waals surface area contributed by atoms with E-state index in [0.29, 0.717) is 24.1 Å². The minimum Gasteiger partial charge on any atom is -0.477 e. The van der Waals surface area contributed by atoms with Gasteiger partial charge >= 0.3 is 0 Å². The number of fused-ring (bicyclic) bond motifs is 1. The van der Waals surface area contributed by atoms with Gasteiger partial charge in [0.2, 0.25) is 11.8 Å². The summed E-state index contributed by atoms with van der Waals surface area (Å²) in [4.78, 5) is 8.56. The molecule has 2 aromatic heterocycles. The Labute approximate surface area is 106 Å². The minimum atomic E-state index is 0.537. The molecule has 0 aliphatic rings. The maximum Gasteiger partial charge on any atom is 0.229 e. The van der Waals surface area contributed by atoms with Gasteiger partial charge in [-0.15, -0.1) is 0 Å². The Morgan fingerprint density at radius 3 is 2.94 bits per heavy atom. The molecule has 0 radical (unpaired) electrons. The van der Waals surface area contributed by atoms with Crippen LogP contribution in [0.5, 0.6) is 5.88 Å². The fourth-order valence-electron chi connectivity index (χ4n) is 1.73. The van der Waals surface area contributed by atoms with Crippen LogP contribution in [0.2, 0.25) is 0 Å². The van der Waals surface area contributed by atoms with Crippen LogP contribution < -0.4 is 10.1 Å². The summed E-state index contributed by atoms with van der Waals surface area (Å²) in [7, 11) is 1.78. The standard InChI is InChI=1S/C12H19N5O/c1-3-4-5-6-7-18-11-9-8-14-17-10(9)15-12(13-2)16-11/h8H,3-7H2,1-2H3,(H2,13,14,15,16,17). The largest absolute Gasteiger partial charge is 0.477 e. The van der Waals surface area contributed by atoms with Crippen molar-refractivity contribution in [3.8, 4) is 5.88 Å². The van der Waals surface area contributed by atoms with Crippen LogP contribution in [-0.2, 0) is 0 Å². The average molecular weight is 249 g/mol. The van der Waals surface area contributed by atoms with Crippen molar-refractivity contribution in [2.75, 3.05) is 19.0 Å². The normalized spacial score (nSPS) is 10.8. The number of aromatic nitrogens is 4. The van der Waals surface area contributed by atoms with E-state index in [2.05, 4.69) is 32.4 Å². The molecule has 98 valence electrons. The Bertz CT molecular complexity index is 496. The first-order chi connectivity index (χ1) is 8.85. The Hall–Kier alpha value is -1.85. The lowest BCUT2D eigenvalue weighted by molar-refractivity contribution is 0.297. The summed E-state index contributed by atoms with van der Waals surface area (Å²) in [6, 6.07) is 0. The third kappa shape index (κ3) is 2.88. The Morgan fingerprint density at radius 2 is 2.17 bits per heavy atom. The fourth-order valence-corrected chi connectivity index (χ4v) is 1.73. The van der Waals surface area contributed by atoms with Gasteiger partial charge in [-0.25, -0.2) is 0 Å². The first-order valence-corrected chi connectivity index (χ1v) is 6.36. The van der Waals surface area contributed by atoms with Crippen LogP contribution in [-0.4, -0.2) is 33.8 Å². The molecule has 0 saturated heterocycles. The zero-order chi connectivity index (χ0) is 12.8. The fraction of sp³-hybridized carbons (Fsp3) is 0.583. The van der Waals surface area contributed by atoms with Gasteiger partial charge in [-0.3, -0.25) is 5.10 Å². The number of anilines is 1. The van der Waals surface area contributed by atoms with Crippen LogP contribution in [0.4, 0.5) is 5.95 Å². The number of H-pyrrole nitrogens is 1. The number of nitrogens with zero attached hydrogens (tertiary/aromatic N) is 3. The van der Waals surface area contributed by atoms with Gasteiger partial charge in [0.15, 0.2) is 5.65 Å². The molecular formula is C12H19N5O. The monoisotopic (exact) mass is 249 g/mol. The van der Waals surface area contributed by atoms with Gasteiger partial charge in [-0.05, 0) is 6.42 Å². The molecule has 0 saturated carbocycles. The quantitative estimate of drug-likeness (QED) is 0.737. The van der Waals surface area contributed by atoms with Gasteiger partial charge in [0.25, 0.3) is 0 Å². The van der Waals surface area contributed by atoms with Gasteiger partial charge in [-0.2, -0.15) is 15.1 Å². The molecule has 0 aliphatic carbocycles. The van der Waals surface area contributed by atoms with Crippen molar-refractivity contribution in [1.29, 1.82) is 0 Å². The first-order valence-electron chi connectivity index (χ1n) is 6.36. The number of hydrogen-bond donors (Lipinski definition) is 2.